The van der Waals surface area contributed by atoms with Crippen LogP contribution < -0.4 is 10.6 Å². The molecule has 32 heavy (non-hydrogen) atoms. The molecule has 0 atom stereocenters. The number of aryl methyl sites for hydroxylation is 2. The van der Waals surface area contributed by atoms with Gasteiger partial charge < -0.3 is 15.2 Å². The zero-order valence-corrected chi connectivity index (χ0v) is 18.9. The maximum Gasteiger partial charge on any atom is 0.246 e. The van der Waals surface area contributed by atoms with Crippen LogP contribution in [0.25, 0.3) is 17.1 Å². The molecule has 164 valence electrons. The van der Waals surface area contributed by atoms with Crippen LogP contribution in [0.3, 0.4) is 0 Å². The van der Waals surface area contributed by atoms with Crippen LogP contribution in [0.2, 0.25) is 5.02 Å². The quantitative estimate of drug-likeness (QED) is 0.340. The van der Waals surface area contributed by atoms with E-state index in [2.05, 4.69) is 49.1 Å². The van der Waals surface area contributed by atoms with Gasteiger partial charge in [0.25, 0.3) is 0 Å². The van der Waals surface area contributed by atoms with Crippen LogP contribution >= 0.6 is 11.6 Å². The molecule has 0 fully saturated rings. The number of nitrogens with zero attached hydrogens (tertiary/aromatic N) is 5. The fourth-order valence-corrected chi connectivity index (χ4v) is 3.47. The third kappa shape index (κ3) is 4.97. The van der Waals surface area contributed by atoms with Gasteiger partial charge >= 0.3 is 0 Å². The van der Waals surface area contributed by atoms with Crippen molar-refractivity contribution in [2.45, 2.75) is 26.9 Å². The minimum atomic E-state index is 0.347. The molecule has 0 aliphatic rings. The van der Waals surface area contributed by atoms with Crippen LogP contribution in [-0.2, 0) is 13.1 Å². The van der Waals surface area contributed by atoms with Crippen LogP contribution in [0.4, 0.5) is 0 Å². The summed E-state index contributed by atoms with van der Waals surface area (Å²) in [6.07, 6.45) is 0. The number of hydrogen-bond acceptors (Lipinski definition) is 5. The Morgan fingerprint density at radius 3 is 2.53 bits per heavy atom. The summed E-state index contributed by atoms with van der Waals surface area (Å²) < 4.78 is 7.31. The number of para-hydroxylation sites is 1. The van der Waals surface area contributed by atoms with E-state index in [1.807, 2.05) is 42.8 Å². The van der Waals surface area contributed by atoms with Crippen molar-refractivity contribution in [1.82, 2.24) is 30.6 Å². The Balaban J connectivity index is 1.39. The lowest BCUT2D eigenvalue weighted by molar-refractivity contribution is 0.375. The second-order valence-corrected chi connectivity index (χ2v) is 7.70. The van der Waals surface area contributed by atoms with E-state index in [0.717, 1.165) is 28.2 Å². The largest absolute Gasteiger partial charge is 0.352 e. The van der Waals surface area contributed by atoms with E-state index in [1.165, 1.54) is 0 Å². The number of hydrogen-bond donors (Lipinski definition) is 2. The Labute approximate surface area is 191 Å². The SMILES string of the molecule is CN=C(NCc1nc(-c2ccc(Cl)cc2)no1)NCc1ccccc1-n1nc(C)cc1C. The summed E-state index contributed by atoms with van der Waals surface area (Å²) in [5, 5.41) is 15.8. The van der Waals surface area contributed by atoms with E-state index < -0.39 is 0 Å². The highest BCUT2D eigenvalue weighted by Crippen LogP contribution is 2.19. The Hall–Kier alpha value is -3.65. The van der Waals surface area contributed by atoms with Crippen LogP contribution in [0.15, 0.2) is 64.1 Å². The fraction of sp³-hybridized carbons (Fsp3) is 0.217. The minimum Gasteiger partial charge on any atom is -0.352 e. The molecule has 0 radical (unpaired) electrons. The topological polar surface area (TPSA) is 93.2 Å². The number of aromatic nitrogens is 4. The molecule has 2 aromatic carbocycles. The summed E-state index contributed by atoms with van der Waals surface area (Å²) in [6, 6.07) is 17.5. The smallest absolute Gasteiger partial charge is 0.246 e. The highest BCUT2D eigenvalue weighted by atomic mass is 35.5. The van der Waals surface area contributed by atoms with Gasteiger partial charge in [-0.3, -0.25) is 4.99 Å². The zero-order valence-electron chi connectivity index (χ0n) is 18.1. The summed E-state index contributed by atoms with van der Waals surface area (Å²) >= 11 is 5.93. The maximum absolute atomic E-state index is 5.93. The first-order valence-electron chi connectivity index (χ1n) is 10.2. The van der Waals surface area contributed by atoms with Crippen molar-refractivity contribution in [2.24, 2.45) is 4.99 Å². The van der Waals surface area contributed by atoms with Crippen molar-refractivity contribution in [2.75, 3.05) is 7.05 Å². The Kier molecular flexibility index (Phi) is 6.51. The molecule has 9 heteroatoms. The number of benzene rings is 2. The zero-order chi connectivity index (χ0) is 22.5. The van der Waals surface area contributed by atoms with Crippen LogP contribution in [-0.4, -0.2) is 32.9 Å². The van der Waals surface area contributed by atoms with Crippen molar-refractivity contribution in [3.05, 3.63) is 82.5 Å². The van der Waals surface area contributed by atoms with Crippen molar-refractivity contribution < 1.29 is 4.52 Å². The Bertz CT molecular complexity index is 1230. The van der Waals surface area contributed by atoms with Gasteiger partial charge in [-0.05, 0) is 55.8 Å². The van der Waals surface area contributed by atoms with E-state index in [-0.39, 0.29) is 0 Å². The molecule has 4 rings (SSSR count). The lowest BCUT2D eigenvalue weighted by Crippen LogP contribution is -2.36. The van der Waals surface area contributed by atoms with Crippen LogP contribution in [0.5, 0.6) is 0 Å². The maximum atomic E-state index is 5.93. The first-order valence-corrected chi connectivity index (χ1v) is 10.6. The third-order valence-electron chi connectivity index (χ3n) is 4.88. The molecule has 8 nitrogen and oxygen atoms in total. The van der Waals surface area contributed by atoms with Gasteiger partial charge in [-0.25, -0.2) is 4.68 Å². The first-order chi connectivity index (χ1) is 15.5. The van der Waals surface area contributed by atoms with E-state index in [1.54, 1.807) is 19.2 Å². The molecular weight excluding hydrogens is 426 g/mol. The average molecular weight is 450 g/mol. The van der Waals surface area contributed by atoms with Crippen molar-refractivity contribution in [3.8, 4) is 17.1 Å². The van der Waals surface area contributed by atoms with Crippen molar-refractivity contribution in [3.63, 3.8) is 0 Å². The molecule has 0 aliphatic heterocycles. The number of rotatable bonds is 6. The first kappa shape index (κ1) is 21.6. The highest BCUT2D eigenvalue weighted by Gasteiger charge is 2.11. The minimum absolute atomic E-state index is 0.347. The molecule has 2 aromatic heterocycles. The number of guanidine groups is 1. The van der Waals surface area contributed by atoms with Gasteiger partial charge in [-0.1, -0.05) is 35.0 Å². The summed E-state index contributed by atoms with van der Waals surface area (Å²) in [6.45, 7) is 4.97. The lowest BCUT2D eigenvalue weighted by Gasteiger charge is -2.14. The van der Waals surface area contributed by atoms with Crippen LogP contribution in [0, 0.1) is 13.8 Å². The molecule has 0 aliphatic carbocycles. The molecule has 0 saturated heterocycles. The number of halogens is 1. The highest BCUT2D eigenvalue weighted by molar-refractivity contribution is 6.30. The van der Waals surface area contributed by atoms with Gasteiger partial charge in [0.05, 0.1) is 17.9 Å². The van der Waals surface area contributed by atoms with E-state index in [9.17, 15) is 0 Å². The van der Waals surface area contributed by atoms with Crippen LogP contribution in [0.1, 0.15) is 22.8 Å². The van der Waals surface area contributed by atoms with Crippen molar-refractivity contribution >= 4 is 17.6 Å². The monoisotopic (exact) mass is 449 g/mol. The summed E-state index contributed by atoms with van der Waals surface area (Å²) in [5.41, 5.74) is 5.05. The molecule has 0 saturated carbocycles. The third-order valence-corrected chi connectivity index (χ3v) is 5.13. The predicted molar refractivity (Wildman–Crippen MR) is 125 cm³/mol. The van der Waals surface area contributed by atoms with E-state index in [0.29, 0.717) is 35.8 Å². The predicted octanol–water partition coefficient (Wildman–Crippen LogP) is 4.06. The molecule has 2 N–H and O–H groups in total. The van der Waals surface area contributed by atoms with Gasteiger partial charge in [-0.15, -0.1) is 0 Å². The normalized spacial score (nSPS) is 11.6. The number of nitrogens with one attached hydrogen (secondary N) is 2. The molecule has 4 aromatic rings. The average Bonchev–Trinajstić information content (AvgIpc) is 3.40. The van der Waals surface area contributed by atoms with E-state index >= 15 is 0 Å². The Morgan fingerprint density at radius 2 is 1.81 bits per heavy atom. The second kappa shape index (κ2) is 9.65. The lowest BCUT2D eigenvalue weighted by atomic mass is 10.1. The fourth-order valence-electron chi connectivity index (χ4n) is 3.34. The van der Waals surface area contributed by atoms with Gasteiger partial charge in [0.2, 0.25) is 11.7 Å². The molecular formula is C23H24ClN7O. The molecule has 2 heterocycles. The molecule has 0 amide bonds. The summed E-state index contributed by atoms with van der Waals surface area (Å²) in [7, 11) is 1.72. The van der Waals surface area contributed by atoms with Gasteiger partial charge in [0, 0.05) is 29.9 Å². The summed E-state index contributed by atoms with van der Waals surface area (Å²) in [4.78, 5) is 8.71. The molecule has 0 spiro atoms. The number of aliphatic imine (C=N–C) groups is 1. The van der Waals surface area contributed by atoms with Gasteiger partial charge in [0.1, 0.15) is 0 Å². The standard InChI is InChI=1S/C23H24ClN7O/c1-15-12-16(2)31(29-15)20-7-5-4-6-18(20)13-26-23(25-3)27-14-21-28-22(30-32-21)17-8-10-19(24)11-9-17/h4-12H,13-14H2,1-3H3,(H2,25,26,27). The van der Waals surface area contributed by atoms with Crippen molar-refractivity contribution in [1.29, 1.82) is 0 Å². The summed E-state index contributed by atoms with van der Waals surface area (Å²) in [5.74, 6) is 1.60. The molecule has 0 unspecified atom stereocenters. The second-order valence-electron chi connectivity index (χ2n) is 7.27. The van der Waals surface area contributed by atoms with E-state index in [4.69, 9.17) is 16.1 Å². The van der Waals surface area contributed by atoms with Gasteiger partial charge in [-0.2, -0.15) is 10.1 Å². The van der Waals surface area contributed by atoms with Gasteiger partial charge in [0.15, 0.2) is 5.96 Å². The molecule has 0 bridgehead atoms. The Morgan fingerprint density at radius 1 is 1.06 bits per heavy atom.